The number of hydrogen-bond acceptors (Lipinski definition) is 0. The van der Waals surface area contributed by atoms with Gasteiger partial charge in [0.15, 0.2) is 0 Å². The van der Waals surface area contributed by atoms with Gasteiger partial charge in [-0.25, -0.2) is 5.57 Å². The first-order valence-electron chi connectivity index (χ1n) is 20.1. The van der Waals surface area contributed by atoms with Crippen LogP contribution >= 0.6 is 0 Å². The van der Waals surface area contributed by atoms with E-state index in [2.05, 4.69) is 158 Å². The molecule has 0 aliphatic heterocycles. The summed E-state index contributed by atoms with van der Waals surface area (Å²) < 4.78 is 0. The van der Waals surface area contributed by atoms with Crippen molar-refractivity contribution in [3.63, 3.8) is 0 Å². The van der Waals surface area contributed by atoms with E-state index in [1.54, 1.807) is 5.19 Å². The second kappa shape index (κ2) is 21.6. The summed E-state index contributed by atoms with van der Waals surface area (Å²) in [6, 6.07) is 23.3. The fourth-order valence-electron chi connectivity index (χ4n) is 8.64. The minimum atomic E-state index is -2.91. The Morgan fingerprint density at radius 3 is 1.31 bits per heavy atom. The number of benzene rings is 3. The van der Waals surface area contributed by atoms with E-state index in [0.29, 0.717) is 0 Å². The number of aryl methyl sites for hydroxylation is 4. The van der Waals surface area contributed by atoms with Crippen LogP contribution in [0, 0.1) is 19.9 Å². The second-order valence-electron chi connectivity index (χ2n) is 18.2. The zero-order chi connectivity index (χ0) is 37.1. The van der Waals surface area contributed by atoms with Gasteiger partial charge < -0.3 is 37.2 Å². The predicted octanol–water partition coefficient (Wildman–Crippen LogP) is 3.48. The Kier molecular flexibility index (Phi) is 21.2. The van der Waals surface area contributed by atoms with Crippen molar-refractivity contribution in [1.29, 1.82) is 0 Å². The molecule has 3 aromatic rings. The van der Waals surface area contributed by atoms with E-state index in [1.165, 1.54) is 112 Å². The maximum absolute atomic E-state index is 4.28. The third-order valence-corrected chi connectivity index (χ3v) is 17.4. The zero-order valence-electron chi connectivity index (χ0n) is 36.4. The van der Waals surface area contributed by atoms with Crippen molar-refractivity contribution >= 4 is 23.6 Å². The number of unbranched alkanes of at least 4 members (excludes halogenated alkanes) is 6. The molecule has 0 heterocycles. The zero-order valence-corrected chi connectivity index (χ0v) is 41.2. The number of hydrogen-bond donors (Lipinski definition) is 0. The van der Waals surface area contributed by atoms with Crippen LogP contribution in [0.15, 0.2) is 71.3 Å². The van der Waals surface area contributed by atoms with Crippen molar-refractivity contribution in [2.75, 3.05) is 0 Å². The van der Waals surface area contributed by atoms with Crippen LogP contribution in [-0.4, -0.2) is 8.07 Å². The third kappa shape index (κ3) is 11.5. The fraction of sp³-hybridized carbons (Fsp3) is 0.551. The van der Waals surface area contributed by atoms with Gasteiger partial charge in [-0.1, -0.05) is 185 Å². The van der Waals surface area contributed by atoms with Crippen molar-refractivity contribution in [2.24, 2.45) is 0 Å². The van der Waals surface area contributed by atoms with Crippen LogP contribution in [0.3, 0.4) is 0 Å². The summed E-state index contributed by atoms with van der Waals surface area (Å²) in [6.45, 7) is 33.3. The van der Waals surface area contributed by atoms with Gasteiger partial charge in [0.05, 0.1) is 0 Å². The molecule has 0 radical (unpaired) electrons. The molecule has 0 spiro atoms. The smallest absolute Gasteiger partial charge is 1.00 e. The van der Waals surface area contributed by atoms with Gasteiger partial charge in [-0.15, -0.1) is 6.92 Å². The Bertz CT molecular complexity index is 1640. The van der Waals surface area contributed by atoms with Crippen molar-refractivity contribution in [3.05, 3.63) is 111 Å². The summed E-state index contributed by atoms with van der Waals surface area (Å²) in [6.07, 6.45) is 16.9. The van der Waals surface area contributed by atoms with E-state index in [-0.39, 0.29) is 74.8 Å². The van der Waals surface area contributed by atoms with Crippen LogP contribution in [-0.2, 0) is 45.4 Å². The number of allylic oxidation sites excluding steroid dienone is 4. The van der Waals surface area contributed by atoms with Crippen LogP contribution in [0.2, 0.25) is 5.04 Å². The molecule has 5 heteroatoms. The van der Waals surface area contributed by atoms with Crippen molar-refractivity contribution < 1.29 is 58.9 Å². The second-order valence-corrected chi connectivity index (χ2v) is 22.4. The molecular weight excluding hydrogens is 771 g/mol. The molecule has 0 fully saturated rings. The summed E-state index contributed by atoms with van der Waals surface area (Å²) in [5.41, 5.74) is 13.0. The predicted molar refractivity (Wildman–Crippen MR) is 226 cm³/mol. The molecule has 1 aliphatic carbocycles. The van der Waals surface area contributed by atoms with Crippen LogP contribution < -0.4 is 52.8 Å². The molecule has 3 aromatic carbocycles. The van der Waals surface area contributed by atoms with Gasteiger partial charge in [0.2, 0.25) is 0 Å². The molecule has 0 nitrogen and oxygen atoms in total. The van der Waals surface area contributed by atoms with E-state index in [0.717, 1.165) is 12.8 Å². The molecule has 0 N–H and O–H groups in total. The normalized spacial score (nSPS) is 16.7. The molecule has 296 valence electrons. The van der Waals surface area contributed by atoms with Crippen LogP contribution in [0.1, 0.15) is 168 Å². The molecule has 0 saturated heterocycles. The topological polar surface area (TPSA) is 0 Å². The first kappa shape index (κ1) is 52.9. The summed E-state index contributed by atoms with van der Waals surface area (Å²) in [4.78, 5) is 0. The van der Waals surface area contributed by atoms with Gasteiger partial charge in [0.1, 0.15) is 8.07 Å². The molecule has 0 amide bonds. The van der Waals surface area contributed by atoms with Gasteiger partial charge in [-0.3, -0.25) is 6.08 Å². The van der Waals surface area contributed by atoms with Gasteiger partial charge in [-0.2, -0.15) is 11.1 Å². The summed E-state index contributed by atoms with van der Waals surface area (Å²) >= 11 is 0. The molecule has 4 rings (SSSR count). The first-order valence-corrected chi connectivity index (χ1v) is 22.1. The average Bonchev–Trinajstić information content (AvgIpc) is 3.23. The van der Waals surface area contributed by atoms with E-state index in [4.69, 9.17) is 0 Å². The Morgan fingerprint density at radius 2 is 0.944 bits per heavy atom. The standard InChI is InChI=1S/C49H71Si.3ClH.Ti/c1-15-17-19-21-23-40-28-41(24-22-20-18-16-2)30-45(29-40)50(44-26-35(3)25-36(4)27-44,49(14)34-37(5)38(6)39(49)7)46-32-42(47(8,9)10)31-43(33-46)48(11,12)13;;;;/h25-33H,15-24H2,1-14H3;3*1H;/q-1;;;;+4/p-3. The van der Waals surface area contributed by atoms with Gasteiger partial charge in [0.25, 0.3) is 0 Å². The largest absolute Gasteiger partial charge is 4.00 e. The van der Waals surface area contributed by atoms with Crippen LogP contribution in [0.25, 0.3) is 0 Å². The Morgan fingerprint density at radius 1 is 0.537 bits per heavy atom. The quantitative estimate of drug-likeness (QED) is 0.101. The molecular formula is C49H71Cl3SiTi. The summed E-state index contributed by atoms with van der Waals surface area (Å²) in [7, 11) is -2.91. The fourth-order valence-corrected chi connectivity index (χ4v) is 14.9. The maximum Gasteiger partial charge on any atom is 4.00 e. The van der Waals surface area contributed by atoms with Crippen molar-refractivity contribution in [3.8, 4) is 0 Å². The molecule has 2 atom stereocenters. The molecule has 0 aromatic heterocycles. The van der Waals surface area contributed by atoms with Crippen molar-refractivity contribution in [1.82, 2.24) is 0 Å². The van der Waals surface area contributed by atoms with Gasteiger partial charge in [0, 0.05) is 0 Å². The summed E-state index contributed by atoms with van der Waals surface area (Å²) in [5, 5.41) is 4.38. The first-order chi connectivity index (χ1) is 23.4. The van der Waals surface area contributed by atoms with Crippen molar-refractivity contribution in [2.45, 2.75) is 177 Å². The Labute approximate surface area is 367 Å². The Hall–Kier alpha value is -1.06. The average molecular weight is 842 g/mol. The molecule has 0 saturated carbocycles. The number of rotatable bonds is 14. The SMILES string of the molecule is CCCCCCc1cc(CCCCCC)cc([Si](c2cc(C)cc(C)c2)(c2cc(C(C)(C)C)cc(C(C)(C)C)c2)C2(C)[C-]=C(C)C(C)=C2C)c1.[Cl-].[Cl-].[Cl-].[Ti+4]. The third-order valence-electron chi connectivity index (χ3n) is 11.9. The monoisotopic (exact) mass is 840 g/mol. The van der Waals surface area contributed by atoms with E-state index < -0.39 is 8.07 Å². The molecule has 0 bridgehead atoms. The van der Waals surface area contributed by atoms with Gasteiger partial charge in [-0.05, 0) is 88.2 Å². The van der Waals surface area contributed by atoms with Gasteiger partial charge >= 0.3 is 21.7 Å². The Balaban J connectivity index is 0.00000702. The minimum absolute atomic E-state index is 0. The van der Waals surface area contributed by atoms with E-state index in [9.17, 15) is 0 Å². The van der Waals surface area contributed by atoms with E-state index >= 15 is 0 Å². The van der Waals surface area contributed by atoms with Crippen LogP contribution in [0.5, 0.6) is 0 Å². The minimum Gasteiger partial charge on any atom is -1.00 e. The molecule has 2 unspecified atom stereocenters. The maximum atomic E-state index is 4.28. The molecule has 54 heavy (non-hydrogen) atoms. The number of halogens is 3. The van der Waals surface area contributed by atoms with Crippen LogP contribution in [0.4, 0.5) is 0 Å². The molecule has 1 aliphatic rings. The van der Waals surface area contributed by atoms with E-state index in [1.807, 2.05) is 0 Å². The summed E-state index contributed by atoms with van der Waals surface area (Å²) in [5.74, 6) is 0.